The molecule has 5 heteroatoms. The first-order chi connectivity index (χ1) is 11.1. The first-order valence-corrected chi connectivity index (χ1v) is 7.06. The third-order valence-electron chi connectivity index (χ3n) is 3.38. The molecular weight excluding hydrogens is 352 g/mol. The Labute approximate surface area is 152 Å². The van der Waals surface area contributed by atoms with Crippen molar-refractivity contribution in [1.29, 1.82) is 0 Å². The van der Waals surface area contributed by atoms with Crippen LogP contribution in [0.15, 0.2) is 18.2 Å². The zero-order valence-electron chi connectivity index (χ0n) is 12.4. The Balaban J connectivity index is 0.000000300. The molecule has 2 aliphatic carbocycles. The van der Waals surface area contributed by atoms with Gasteiger partial charge >= 0.3 is 17.1 Å². The topological polar surface area (TPSA) is 29.1 Å². The molecule has 0 atom stereocenters. The maximum Gasteiger partial charge on any atom is 2.00 e. The Morgan fingerprint density at radius 2 is 1.46 bits per heavy atom. The molecule has 0 saturated heterocycles. The first-order valence-electron chi connectivity index (χ1n) is 7.06. The molecule has 1 heterocycles. The van der Waals surface area contributed by atoms with E-state index in [0.29, 0.717) is 0 Å². The summed E-state index contributed by atoms with van der Waals surface area (Å²) < 4.78 is 26.7. The fraction of sp³-hybridized carbons (Fsp3) is 0. The van der Waals surface area contributed by atoms with E-state index in [2.05, 4.69) is 5.32 Å². The van der Waals surface area contributed by atoms with Crippen LogP contribution in [0.1, 0.15) is 5.56 Å². The Morgan fingerprint density at radius 3 is 2.04 bits per heavy atom. The summed E-state index contributed by atoms with van der Waals surface area (Å²) in [5.41, 5.74) is 0.576. The maximum atomic E-state index is 13.5. The van der Waals surface area contributed by atoms with Crippen LogP contribution < -0.4 is 5.32 Å². The van der Waals surface area contributed by atoms with Gasteiger partial charge < -0.3 is 5.32 Å². The number of halogens is 2. The second kappa shape index (κ2) is 8.77. The van der Waals surface area contributed by atoms with Gasteiger partial charge in [0.05, 0.1) is 5.69 Å². The molecule has 1 aliphatic heterocycles. The van der Waals surface area contributed by atoms with Gasteiger partial charge in [0.25, 0.3) is 5.91 Å². The molecule has 10 radical (unpaired) electrons. The van der Waals surface area contributed by atoms with Crippen LogP contribution in [0, 0.1) is 75.3 Å². The number of nitrogens with one attached hydrogen (secondary N) is 1. The number of hydrogen-bond acceptors (Lipinski definition) is 1. The molecule has 24 heavy (non-hydrogen) atoms. The predicted octanol–water partition coefficient (Wildman–Crippen LogP) is 3.72. The van der Waals surface area contributed by atoms with Crippen LogP contribution in [0.5, 0.6) is 0 Å². The number of fused-ring (bicyclic) bond motifs is 1. The number of benzene rings is 1. The van der Waals surface area contributed by atoms with Crippen LogP contribution >= 0.6 is 0 Å². The van der Waals surface area contributed by atoms with Crippen molar-refractivity contribution in [3.05, 3.63) is 99.1 Å². The van der Waals surface area contributed by atoms with Gasteiger partial charge in [-0.3, -0.25) is 4.79 Å². The third kappa shape index (κ3) is 4.46. The molecule has 1 aromatic carbocycles. The largest absolute Gasteiger partial charge is 2.00 e. The van der Waals surface area contributed by atoms with Crippen molar-refractivity contribution in [2.45, 2.75) is 0 Å². The minimum absolute atomic E-state index is 0. The Morgan fingerprint density at radius 1 is 0.875 bits per heavy atom. The second-order valence-corrected chi connectivity index (χ2v) is 5.00. The summed E-state index contributed by atoms with van der Waals surface area (Å²) in [5.74, 6) is -1.06. The van der Waals surface area contributed by atoms with Crippen LogP contribution in [0.3, 0.4) is 0 Å². The SMILES string of the molecule is O=C1Nc2c(F)cc(F)cc2/C1=C\[C]1[CH][CH][CH][CH]1.[CH]1[CH][CH][CH][CH]1.[Fe+2]. The zero-order chi connectivity index (χ0) is 16.2. The summed E-state index contributed by atoms with van der Waals surface area (Å²) in [6.45, 7) is 0. The Kier molecular flexibility index (Phi) is 7.00. The summed E-state index contributed by atoms with van der Waals surface area (Å²) in [6.07, 6.45) is 18.9. The second-order valence-electron chi connectivity index (χ2n) is 5.00. The number of allylic oxidation sites excluding steroid dienone is 1. The van der Waals surface area contributed by atoms with Gasteiger partial charge in [-0.2, -0.15) is 0 Å². The van der Waals surface area contributed by atoms with Crippen molar-refractivity contribution in [3.8, 4) is 0 Å². The van der Waals surface area contributed by atoms with Gasteiger partial charge in [0, 0.05) is 23.1 Å². The van der Waals surface area contributed by atoms with Crippen molar-refractivity contribution < 1.29 is 30.6 Å². The van der Waals surface area contributed by atoms with Gasteiger partial charge in [0.1, 0.15) is 11.6 Å². The minimum Gasteiger partial charge on any atom is -0.319 e. The quantitative estimate of drug-likeness (QED) is 0.597. The molecule has 2 nitrogen and oxygen atoms in total. The van der Waals surface area contributed by atoms with Gasteiger partial charge in [-0.1, -0.05) is 6.08 Å². The van der Waals surface area contributed by atoms with E-state index < -0.39 is 17.5 Å². The monoisotopic (exact) mass is 365 g/mol. The van der Waals surface area contributed by atoms with E-state index in [-0.39, 0.29) is 33.9 Å². The normalized spacial score (nSPS) is 21.1. The summed E-state index contributed by atoms with van der Waals surface area (Å²) in [7, 11) is 0. The first kappa shape index (κ1) is 19.1. The van der Waals surface area contributed by atoms with Gasteiger partial charge in [-0.25, -0.2) is 8.78 Å². The summed E-state index contributed by atoms with van der Waals surface area (Å²) in [5, 5.41) is 2.41. The fourth-order valence-corrected chi connectivity index (χ4v) is 2.33. The van der Waals surface area contributed by atoms with Gasteiger partial charge in [0.15, 0.2) is 0 Å². The van der Waals surface area contributed by atoms with Crippen molar-refractivity contribution in [2.75, 3.05) is 5.32 Å². The Bertz CT molecular complexity index is 612. The molecule has 1 amide bonds. The minimum atomic E-state index is -0.760. The standard InChI is InChI=1S/C14H8F2NO.C5H5.Fe/c15-9-6-10-11(5-8-3-1-2-4-8)14(18)17-13(10)12(16)7-9;1-2-4-5-3-1;/h1-7H,(H,17,18);1-5H;/q;;+2/b11-5+;;. The van der Waals surface area contributed by atoms with Crippen LogP contribution in [0.25, 0.3) is 5.57 Å². The molecule has 4 rings (SSSR count). The van der Waals surface area contributed by atoms with E-state index in [1.54, 1.807) is 6.08 Å². The molecule has 0 unspecified atom stereocenters. The van der Waals surface area contributed by atoms with E-state index in [1.807, 2.05) is 57.8 Å². The van der Waals surface area contributed by atoms with Crippen LogP contribution in [-0.2, 0) is 21.9 Å². The number of carbonyl (C=O) groups excluding carboxylic acids is 1. The molecule has 2 fully saturated rings. The number of amides is 1. The van der Waals surface area contributed by atoms with E-state index in [0.717, 1.165) is 18.1 Å². The summed E-state index contributed by atoms with van der Waals surface area (Å²) in [6, 6.07) is 1.91. The number of carbonyl (C=O) groups is 1. The van der Waals surface area contributed by atoms with E-state index in [4.69, 9.17) is 0 Å². The molecular formula is C19H13F2FeNO+2. The van der Waals surface area contributed by atoms with E-state index >= 15 is 0 Å². The molecule has 0 spiro atoms. The Hall–Kier alpha value is -1.19. The van der Waals surface area contributed by atoms with Gasteiger partial charge in [-0.05, 0) is 63.9 Å². The van der Waals surface area contributed by atoms with Crippen LogP contribution in [0.2, 0.25) is 0 Å². The molecule has 2 saturated carbocycles. The van der Waals surface area contributed by atoms with Crippen LogP contribution in [-0.4, -0.2) is 5.91 Å². The number of rotatable bonds is 1. The molecule has 1 aromatic rings. The predicted molar refractivity (Wildman–Crippen MR) is 84.9 cm³/mol. The molecule has 120 valence electrons. The average molecular weight is 365 g/mol. The van der Waals surface area contributed by atoms with Crippen LogP contribution in [0.4, 0.5) is 14.5 Å². The fourth-order valence-electron chi connectivity index (χ4n) is 2.33. The van der Waals surface area contributed by atoms with Crippen molar-refractivity contribution in [2.24, 2.45) is 0 Å². The molecule has 0 bridgehead atoms. The van der Waals surface area contributed by atoms with E-state index in [1.165, 1.54) is 0 Å². The van der Waals surface area contributed by atoms with E-state index in [9.17, 15) is 13.6 Å². The molecule has 1 N–H and O–H groups in total. The summed E-state index contributed by atoms with van der Waals surface area (Å²) in [4.78, 5) is 11.8. The third-order valence-corrected chi connectivity index (χ3v) is 3.38. The number of anilines is 1. The molecule has 0 aromatic heterocycles. The molecule has 3 aliphatic rings. The van der Waals surface area contributed by atoms with Crippen molar-refractivity contribution >= 4 is 17.2 Å². The zero-order valence-corrected chi connectivity index (χ0v) is 13.6. The van der Waals surface area contributed by atoms with Crippen molar-refractivity contribution in [3.63, 3.8) is 0 Å². The smallest absolute Gasteiger partial charge is 0.319 e. The van der Waals surface area contributed by atoms with Gasteiger partial charge in [-0.15, -0.1) is 0 Å². The summed E-state index contributed by atoms with van der Waals surface area (Å²) >= 11 is 0. The average Bonchev–Trinajstić information content (AvgIpc) is 3.26. The van der Waals surface area contributed by atoms with Gasteiger partial charge in [0.2, 0.25) is 0 Å². The number of hydrogen-bond donors (Lipinski definition) is 1. The maximum absolute atomic E-state index is 13.5. The van der Waals surface area contributed by atoms with Crippen molar-refractivity contribution in [1.82, 2.24) is 0 Å².